The summed E-state index contributed by atoms with van der Waals surface area (Å²) in [6.45, 7) is 1.97. The van der Waals surface area contributed by atoms with Crippen molar-refractivity contribution in [1.82, 2.24) is 4.90 Å². The van der Waals surface area contributed by atoms with E-state index in [4.69, 9.17) is 17.3 Å². The first kappa shape index (κ1) is 12.0. The van der Waals surface area contributed by atoms with Crippen molar-refractivity contribution in [1.29, 1.82) is 0 Å². The summed E-state index contributed by atoms with van der Waals surface area (Å²) in [6, 6.07) is 7.46. The van der Waals surface area contributed by atoms with E-state index in [1.54, 1.807) is 11.9 Å². The lowest BCUT2D eigenvalue weighted by Gasteiger charge is -2.24. The molecule has 0 aromatic heterocycles. The number of rotatable bonds is 3. The van der Waals surface area contributed by atoms with Crippen LogP contribution in [0, 0.1) is 0 Å². The van der Waals surface area contributed by atoms with Crippen molar-refractivity contribution < 1.29 is 4.79 Å². The van der Waals surface area contributed by atoms with Crippen LogP contribution >= 0.6 is 11.6 Å². The summed E-state index contributed by atoms with van der Waals surface area (Å²) in [6.07, 6.45) is 0. The Kier molecular flexibility index (Phi) is 4.12. The minimum atomic E-state index is -0.0810. The summed E-state index contributed by atoms with van der Waals surface area (Å²) in [5.74, 6) is -0.0810. The average Bonchev–Trinajstić information content (AvgIpc) is 2.26. The fraction of sp³-hybridized carbons (Fsp3) is 0.364. The highest BCUT2D eigenvalue weighted by Crippen LogP contribution is 2.21. The van der Waals surface area contributed by atoms with Gasteiger partial charge in [-0.25, -0.2) is 0 Å². The van der Waals surface area contributed by atoms with Crippen LogP contribution < -0.4 is 5.73 Å². The number of hydrogen-bond donors (Lipinski definition) is 1. The second-order valence-electron chi connectivity index (χ2n) is 3.44. The van der Waals surface area contributed by atoms with Gasteiger partial charge in [0.05, 0.1) is 12.6 Å². The van der Waals surface area contributed by atoms with Crippen LogP contribution in [0.2, 0.25) is 5.02 Å². The minimum absolute atomic E-state index is 0.0141. The minimum Gasteiger partial charge on any atom is -0.338 e. The van der Waals surface area contributed by atoms with Crippen LogP contribution in [0.25, 0.3) is 0 Å². The Labute approximate surface area is 94.8 Å². The molecular formula is C11H15ClN2O. The SMILES string of the molecule is CC(c1cccc(Cl)c1)N(C)C(=O)CN. The molecule has 0 aliphatic heterocycles. The highest BCUT2D eigenvalue weighted by atomic mass is 35.5. The quantitative estimate of drug-likeness (QED) is 0.855. The highest BCUT2D eigenvalue weighted by molar-refractivity contribution is 6.30. The second kappa shape index (κ2) is 5.14. The fourth-order valence-corrected chi connectivity index (χ4v) is 1.55. The molecule has 0 fully saturated rings. The summed E-state index contributed by atoms with van der Waals surface area (Å²) >= 11 is 5.88. The number of carbonyl (C=O) groups is 1. The van der Waals surface area contributed by atoms with Crippen LogP contribution in [-0.2, 0) is 4.79 Å². The number of carbonyl (C=O) groups excluding carboxylic acids is 1. The van der Waals surface area contributed by atoms with E-state index in [1.165, 1.54) is 0 Å². The lowest BCUT2D eigenvalue weighted by Crippen LogP contribution is -2.34. The Balaban J connectivity index is 2.84. The predicted molar refractivity (Wildman–Crippen MR) is 61.7 cm³/mol. The molecule has 1 amide bonds. The molecule has 0 bridgehead atoms. The molecule has 15 heavy (non-hydrogen) atoms. The Morgan fingerprint density at radius 3 is 2.80 bits per heavy atom. The first-order valence-corrected chi connectivity index (χ1v) is 5.15. The highest BCUT2D eigenvalue weighted by Gasteiger charge is 2.15. The number of amides is 1. The van der Waals surface area contributed by atoms with Gasteiger partial charge in [-0.2, -0.15) is 0 Å². The van der Waals surface area contributed by atoms with Crippen molar-refractivity contribution in [2.75, 3.05) is 13.6 Å². The van der Waals surface area contributed by atoms with Crippen LogP contribution in [0.4, 0.5) is 0 Å². The largest absolute Gasteiger partial charge is 0.338 e. The number of benzene rings is 1. The van der Waals surface area contributed by atoms with Crippen LogP contribution in [0.1, 0.15) is 18.5 Å². The smallest absolute Gasteiger partial charge is 0.236 e. The van der Waals surface area contributed by atoms with E-state index in [0.29, 0.717) is 5.02 Å². The third-order valence-corrected chi connectivity index (χ3v) is 2.72. The summed E-state index contributed by atoms with van der Waals surface area (Å²) < 4.78 is 0. The lowest BCUT2D eigenvalue weighted by atomic mass is 10.1. The van der Waals surface area contributed by atoms with Crippen molar-refractivity contribution in [2.45, 2.75) is 13.0 Å². The molecule has 1 aromatic carbocycles. The Hall–Kier alpha value is -1.06. The maximum Gasteiger partial charge on any atom is 0.236 e. The van der Waals surface area contributed by atoms with Gasteiger partial charge in [-0.1, -0.05) is 23.7 Å². The molecule has 0 aliphatic carbocycles. The standard InChI is InChI=1S/C11H15ClN2O/c1-8(14(2)11(15)7-13)9-4-3-5-10(12)6-9/h3-6,8H,7,13H2,1-2H3. The second-order valence-corrected chi connectivity index (χ2v) is 3.88. The van der Waals surface area contributed by atoms with Crippen molar-refractivity contribution in [2.24, 2.45) is 5.73 Å². The molecule has 3 nitrogen and oxygen atoms in total. The molecule has 0 spiro atoms. The molecule has 0 heterocycles. The van der Waals surface area contributed by atoms with Crippen molar-refractivity contribution in [3.8, 4) is 0 Å². The van der Waals surface area contributed by atoms with Gasteiger partial charge in [-0.05, 0) is 24.6 Å². The van der Waals surface area contributed by atoms with Gasteiger partial charge in [0, 0.05) is 12.1 Å². The third kappa shape index (κ3) is 2.94. The van der Waals surface area contributed by atoms with Gasteiger partial charge in [-0.15, -0.1) is 0 Å². The molecule has 2 N–H and O–H groups in total. The summed E-state index contributed by atoms with van der Waals surface area (Å²) in [7, 11) is 1.74. The first-order chi connectivity index (χ1) is 7.06. The van der Waals surface area contributed by atoms with Gasteiger partial charge < -0.3 is 10.6 Å². The van der Waals surface area contributed by atoms with Crippen molar-refractivity contribution in [3.63, 3.8) is 0 Å². The number of likely N-dealkylation sites (N-methyl/N-ethyl adjacent to an activating group) is 1. The molecule has 1 aromatic rings. The van der Waals surface area contributed by atoms with E-state index in [-0.39, 0.29) is 18.5 Å². The zero-order valence-corrected chi connectivity index (χ0v) is 9.66. The van der Waals surface area contributed by atoms with Crippen LogP contribution in [0.3, 0.4) is 0 Å². The molecule has 1 atom stereocenters. The summed E-state index contributed by atoms with van der Waals surface area (Å²) in [5, 5.41) is 0.674. The molecule has 1 unspecified atom stereocenters. The van der Waals surface area contributed by atoms with E-state index in [0.717, 1.165) is 5.56 Å². The zero-order chi connectivity index (χ0) is 11.4. The van der Waals surface area contributed by atoms with E-state index in [9.17, 15) is 4.79 Å². The third-order valence-electron chi connectivity index (χ3n) is 2.48. The zero-order valence-electron chi connectivity index (χ0n) is 8.90. The van der Waals surface area contributed by atoms with Crippen LogP contribution in [-0.4, -0.2) is 24.4 Å². The number of nitrogens with zero attached hydrogens (tertiary/aromatic N) is 1. The molecule has 0 saturated carbocycles. The number of nitrogens with two attached hydrogens (primary N) is 1. The van der Waals surface area contributed by atoms with Gasteiger partial charge in [0.2, 0.25) is 5.91 Å². The monoisotopic (exact) mass is 226 g/mol. The predicted octanol–water partition coefficient (Wildman–Crippen LogP) is 1.82. The van der Waals surface area contributed by atoms with Gasteiger partial charge in [0.25, 0.3) is 0 Å². The number of hydrogen-bond acceptors (Lipinski definition) is 2. The first-order valence-electron chi connectivity index (χ1n) is 4.77. The van der Waals surface area contributed by atoms with Crippen molar-refractivity contribution >= 4 is 17.5 Å². The molecular weight excluding hydrogens is 212 g/mol. The van der Waals surface area contributed by atoms with Gasteiger partial charge in [-0.3, -0.25) is 4.79 Å². The van der Waals surface area contributed by atoms with E-state index in [2.05, 4.69) is 0 Å². The van der Waals surface area contributed by atoms with E-state index in [1.807, 2.05) is 31.2 Å². The summed E-state index contributed by atoms with van der Waals surface area (Å²) in [4.78, 5) is 13.0. The van der Waals surface area contributed by atoms with Crippen molar-refractivity contribution in [3.05, 3.63) is 34.9 Å². The molecule has 4 heteroatoms. The maximum absolute atomic E-state index is 11.4. The van der Waals surface area contributed by atoms with Gasteiger partial charge >= 0.3 is 0 Å². The van der Waals surface area contributed by atoms with Gasteiger partial charge in [0.1, 0.15) is 0 Å². The topological polar surface area (TPSA) is 46.3 Å². The lowest BCUT2D eigenvalue weighted by molar-refractivity contribution is -0.130. The average molecular weight is 227 g/mol. The summed E-state index contributed by atoms with van der Waals surface area (Å²) in [5.41, 5.74) is 6.31. The normalized spacial score (nSPS) is 12.3. The Morgan fingerprint density at radius 2 is 2.27 bits per heavy atom. The molecule has 0 saturated heterocycles. The van der Waals surface area contributed by atoms with Gasteiger partial charge in [0.15, 0.2) is 0 Å². The Morgan fingerprint density at radius 1 is 1.60 bits per heavy atom. The van der Waals surface area contributed by atoms with E-state index < -0.39 is 0 Å². The maximum atomic E-state index is 11.4. The molecule has 1 rings (SSSR count). The number of halogens is 1. The molecule has 0 radical (unpaired) electrons. The fourth-order valence-electron chi connectivity index (χ4n) is 1.35. The van der Waals surface area contributed by atoms with E-state index >= 15 is 0 Å². The Bertz CT molecular complexity index is 354. The molecule has 82 valence electrons. The van der Waals surface area contributed by atoms with Crippen LogP contribution in [0.5, 0.6) is 0 Å². The molecule has 0 aliphatic rings. The van der Waals surface area contributed by atoms with Crippen LogP contribution in [0.15, 0.2) is 24.3 Å².